The zero-order valence-corrected chi connectivity index (χ0v) is 20.1. The molecule has 0 fully saturated rings. The lowest BCUT2D eigenvalue weighted by atomic mass is 9.91. The molecular formula is C22H24N10O4. The molecule has 0 saturated carbocycles. The maximum absolute atomic E-state index is 12.9. The number of ether oxygens (including phenoxy) is 2. The third kappa shape index (κ3) is 3.76. The highest BCUT2D eigenvalue weighted by molar-refractivity contribution is 5.93. The van der Waals surface area contributed by atoms with E-state index in [0.717, 1.165) is 11.1 Å². The minimum atomic E-state index is -0.609. The fourth-order valence-electron chi connectivity index (χ4n) is 4.45. The Morgan fingerprint density at radius 2 is 1.17 bits per heavy atom. The Kier molecular flexibility index (Phi) is 5.91. The quantitative estimate of drug-likeness (QED) is 0.476. The summed E-state index contributed by atoms with van der Waals surface area (Å²) in [6.45, 7) is 7.52. The molecule has 0 radical (unpaired) electrons. The Morgan fingerprint density at radius 1 is 0.778 bits per heavy atom. The van der Waals surface area contributed by atoms with Crippen LogP contribution in [0.4, 0.5) is 11.9 Å². The Bertz CT molecular complexity index is 1280. The largest absolute Gasteiger partial charge is 0.463 e. The first-order chi connectivity index (χ1) is 17.4. The molecule has 1 aromatic carbocycles. The van der Waals surface area contributed by atoms with Crippen molar-refractivity contribution in [2.75, 3.05) is 23.8 Å². The van der Waals surface area contributed by atoms with Gasteiger partial charge in [0.2, 0.25) is 11.9 Å². The zero-order chi connectivity index (χ0) is 25.4. The molecule has 0 bridgehead atoms. The molecule has 2 unspecified atom stereocenters. The third-order valence-electron chi connectivity index (χ3n) is 5.99. The Balaban J connectivity index is 1.57. The molecule has 186 valence electrons. The molecule has 0 saturated heterocycles. The SMILES string of the molecule is CCOC(=O)C1=C(C)Nc2nnnn2C1c1ccc(C2C(C(=O)OCC)=C(C)Nc3nnnn32)cc1. The second kappa shape index (κ2) is 9.20. The lowest BCUT2D eigenvalue weighted by molar-refractivity contribution is -0.140. The average molecular weight is 493 g/mol. The number of nitrogens with zero attached hydrogens (tertiary/aromatic N) is 8. The molecule has 2 aliphatic heterocycles. The second-order valence-corrected chi connectivity index (χ2v) is 8.13. The van der Waals surface area contributed by atoms with Crippen LogP contribution in [0.25, 0.3) is 0 Å². The Hall–Kier alpha value is -4.62. The lowest BCUT2D eigenvalue weighted by Crippen LogP contribution is -2.30. The van der Waals surface area contributed by atoms with E-state index in [0.29, 0.717) is 34.4 Å². The fraction of sp³-hybridized carbons (Fsp3) is 0.364. The van der Waals surface area contributed by atoms with Crippen LogP contribution in [0.1, 0.15) is 50.9 Å². The maximum Gasteiger partial charge on any atom is 0.338 e. The first kappa shape index (κ1) is 23.1. The van der Waals surface area contributed by atoms with Crippen molar-refractivity contribution in [3.63, 3.8) is 0 Å². The Labute approximate surface area is 205 Å². The topological polar surface area (TPSA) is 164 Å². The van der Waals surface area contributed by atoms with Crippen molar-refractivity contribution in [3.8, 4) is 0 Å². The van der Waals surface area contributed by atoms with E-state index < -0.39 is 24.0 Å². The molecule has 4 heterocycles. The van der Waals surface area contributed by atoms with E-state index >= 15 is 0 Å². The molecule has 3 aromatic rings. The van der Waals surface area contributed by atoms with Crippen molar-refractivity contribution in [2.24, 2.45) is 0 Å². The van der Waals surface area contributed by atoms with Crippen LogP contribution in [0.3, 0.4) is 0 Å². The van der Waals surface area contributed by atoms with E-state index in [9.17, 15) is 9.59 Å². The van der Waals surface area contributed by atoms with Gasteiger partial charge in [-0.25, -0.2) is 9.59 Å². The molecule has 14 nitrogen and oxygen atoms in total. The molecule has 2 aromatic heterocycles. The van der Waals surface area contributed by atoms with Gasteiger partial charge in [0.05, 0.1) is 24.4 Å². The van der Waals surface area contributed by atoms with E-state index in [1.165, 1.54) is 9.36 Å². The van der Waals surface area contributed by atoms with E-state index in [4.69, 9.17) is 9.47 Å². The number of benzene rings is 1. The summed E-state index contributed by atoms with van der Waals surface area (Å²) in [5.41, 5.74) is 3.50. The zero-order valence-electron chi connectivity index (χ0n) is 20.1. The Morgan fingerprint density at radius 3 is 1.53 bits per heavy atom. The molecule has 0 aliphatic carbocycles. The molecule has 14 heteroatoms. The number of tetrazole rings is 2. The van der Waals surface area contributed by atoms with Crippen molar-refractivity contribution in [1.29, 1.82) is 0 Å². The summed E-state index contributed by atoms with van der Waals surface area (Å²) in [5, 5.41) is 29.8. The van der Waals surface area contributed by atoms with Crippen molar-refractivity contribution in [1.82, 2.24) is 40.4 Å². The van der Waals surface area contributed by atoms with E-state index in [1.807, 2.05) is 24.3 Å². The van der Waals surface area contributed by atoms with Crippen LogP contribution < -0.4 is 10.6 Å². The first-order valence-corrected chi connectivity index (χ1v) is 11.4. The fourth-order valence-corrected chi connectivity index (χ4v) is 4.45. The van der Waals surface area contributed by atoms with Crippen LogP contribution >= 0.6 is 0 Å². The number of esters is 2. The predicted molar refractivity (Wildman–Crippen MR) is 124 cm³/mol. The molecule has 0 amide bonds. The van der Waals surface area contributed by atoms with E-state index in [2.05, 4.69) is 41.7 Å². The molecule has 2 atom stereocenters. The predicted octanol–water partition coefficient (Wildman–Crippen LogP) is 1.36. The number of allylic oxidation sites excluding steroid dienone is 2. The van der Waals surface area contributed by atoms with Crippen LogP contribution in [0.2, 0.25) is 0 Å². The number of hydrogen-bond acceptors (Lipinski definition) is 12. The van der Waals surface area contributed by atoms with Crippen molar-refractivity contribution in [3.05, 3.63) is 57.9 Å². The van der Waals surface area contributed by atoms with Crippen LogP contribution in [0.15, 0.2) is 46.8 Å². The van der Waals surface area contributed by atoms with Crippen LogP contribution in [-0.2, 0) is 19.1 Å². The van der Waals surface area contributed by atoms with Gasteiger partial charge in [-0.1, -0.05) is 34.5 Å². The molecule has 2 N–H and O–H groups in total. The van der Waals surface area contributed by atoms with Gasteiger partial charge in [-0.2, -0.15) is 9.36 Å². The molecule has 5 rings (SSSR count). The third-order valence-corrected chi connectivity index (χ3v) is 5.99. The van der Waals surface area contributed by atoms with Gasteiger partial charge in [0, 0.05) is 11.4 Å². The highest BCUT2D eigenvalue weighted by atomic mass is 16.5. The van der Waals surface area contributed by atoms with Crippen LogP contribution in [-0.4, -0.2) is 65.6 Å². The number of aromatic nitrogens is 8. The van der Waals surface area contributed by atoms with Crippen molar-refractivity contribution in [2.45, 2.75) is 39.8 Å². The standard InChI is InChI=1S/C22H24N10O4/c1-5-35-19(33)15-11(3)23-21-25-27-29-31(21)17(15)13-7-9-14(10-8-13)18-16(20(34)36-6-2)12(4)24-22-26-28-30-32(18)22/h7-10,17-18H,5-6H2,1-4H3,(H,23,25,29)(H,24,26,30). The van der Waals surface area contributed by atoms with Crippen LogP contribution in [0, 0.1) is 0 Å². The first-order valence-electron chi connectivity index (χ1n) is 11.4. The molecule has 0 spiro atoms. The second-order valence-electron chi connectivity index (χ2n) is 8.13. The van der Waals surface area contributed by atoms with E-state index in [-0.39, 0.29) is 13.2 Å². The summed E-state index contributed by atoms with van der Waals surface area (Å²) in [6, 6.07) is 6.20. The summed E-state index contributed by atoms with van der Waals surface area (Å²) in [5.74, 6) is -0.0981. The summed E-state index contributed by atoms with van der Waals surface area (Å²) >= 11 is 0. The highest BCUT2D eigenvalue weighted by Crippen LogP contribution is 2.38. The average Bonchev–Trinajstić information content (AvgIpc) is 3.51. The minimum Gasteiger partial charge on any atom is -0.463 e. The smallest absolute Gasteiger partial charge is 0.338 e. The lowest BCUT2D eigenvalue weighted by Gasteiger charge is -2.29. The van der Waals surface area contributed by atoms with Gasteiger partial charge >= 0.3 is 11.9 Å². The van der Waals surface area contributed by atoms with Crippen molar-refractivity contribution >= 4 is 23.8 Å². The number of anilines is 2. The van der Waals surface area contributed by atoms with Gasteiger partial charge in [-0.15, -0.1) is 0 Å². The molecule has 36 heavy (non-hydrogen) atoms. The summed E-state index contributed by atoms with van der Waals surface area (Å²) in [4.78, 5) is 25.7. The highest BCUT2D eigenvalue weighted by Gasteiger charge is 2.37. The summed E-state index contributed by atoms with van der Waals surface area (Å²) in [6.07, 6.45) is 0. The number of nitrogens with one attached hydrogen (secondary N) is 2. The normalized spacial score (nSPS) is 18.7. The monoisotopic (exact) mass is 492 g/mol. The van der Waals surface area contributed by atoms with Gasteiger partial charge in [0.15, 0.2) is 0 Å². The summed E-state index contributed by atoms with van der Waals surface area (Å²) < 4.78 is 13.7. The number of carbonyl (C=O) groups is 2. The van der Waals surface area contributed by atoms with Gasteiger partial charge in [0.25, 0.3) is 0 Å². The van der Waals surface area contributed by atoms with Gasteiger partial charge < -0.3 is 20.1 Å². The van der Waals surface area contributed by atoms with Crippen LogP contribution in [0.5, 0.6) is 0 Å². The molecule has 2 aliphatic rings. The minimum absolute atomic E-state index is 0.232. The summed E-state index contributed by atoms with van der Waals surface area (Å²) in [7, 11) is 0. The van der Waals surface area contributed by atoms with Gasteiger partial charge in [-0.05, 0) is 59.7 Å². The molecular weight excluding hydrogens is 468 g/mol. The van der Waals surface area contributed by atoms with Gasteiger partial charge in [0.1, 0.15) is 12.1 Å². The van der Waals surface area contributed by atoms with Crippen molar-refractivity contribution < 1.29 is 19.1 Å². The number of rotatable bonds is 6. The number of carbonyl (C=O) groups excluding carboxylic acids is 2. The number of fused-ring (bicyclic) bond motifs is 2. The van der Waals surface area contributed by atoms with E-state index in [1.54, 1.807) is 27.7 Å². The number of hydrogen-bond donors (Lipinski definition) is 2. The van der Waals surface area contributed by atoms with Gasteiger partial charge in [-0.3, -0.25) is 0 Å². The maximum atomic E-state index is 12.9.